The van der Waals surface area contributed by atoms with Crippen molar-refractivity contribution in [2.45, 2.75) is 26.3 Å². The first kappa shape index (κ1) is 8.75. The number of aryl methyl sites for hydroxylation is 1. The molecular formula is C10H17N3. The maximum absolute atomic E-state index is 4.22. The van der Waals surface area contributed by atoms with Crippen molar-refractivity contribution >= 4 is 0 Å². The second kappa shape index (κ2) is 3.92. The highest BCUT2D eigenvalue weighted by molar-refractivity contribution is 4.89. The third-order valence-electron chi connectivity index (χ3n) is 2.78. The highest BCUT2D eigenvalue weighted by Crippen LogP contribution is 2.13. The molecule has 1 atom stereocenters. The predicted molar refractivity (Wildman–Crippen MR) is 52.6 cm³/mol. The van der Waals surface area contributed by atoms with E-state index >= 15 is 0 Å². The van der Waals surface area contributed by atoms with Gasteiger partial charge in [-0.1, -0.05) is 0 Å². The molecule has 1 aliphatic heterocycles. The van der Waals surface area contributed by atoms with Gasteiger partial charge in [-0.05, 0) is 38.8 Å². The second-order valence-corrected chi connectivity index (χ2v) is 3.84. The van der Waals surface area contributed by atoms with Crippen LogP contribution in [0.15, 0.2) is 12.4 Å². The van der Waals surface area contributed by atoms with Crippen molar-refractivity contribution in [2.24, 2.45) is 5.92 Å². The van der Waals surface area contributed by atoms with Crippen molar-refractivity contribution in [1.29, 1.82) is 0 Å². The van der Waals surface area contributed by atoms with Gasteiger partial charge in [0.2, 0.25) is 0 Å². The number of nitrogens with zero attached hydrogens (tertiary/aromatic N) is 2. The third-order valence-corrected chi connectivity index (χ3v) is 2.78. The average molecular weight is 179 g/mol. The Hall–Kier alpha value is -0.830. The number of rotatable bonds is 2. The van der Waals surface area contributed by atoms with Gasteiger partial charge in [-0.3, -0.25) is 0 Å². The minimum Gasteiger partial charge on any atom is -0.335 e. The summed E-state index contributed by atoms with van der Waals surface area (Å²) in [7, 11) is 0. The molecule has 0 radical (unpaired) electrons. The lowest BCUT2D eigenvalue weighted by atomic mass is 10.00. The molecule has 2 rings (SSSR count). The molecule has 0 aromatic carbocycles. The topological polar surface area (TPSA) is 29.9 Å². The van der Waals surface area contributed by atoms with Gasteiger partial charge in [-0.15, -0.1) is 0 Å². The maximum atomic E-state index is 4.22. The van der Waals surface area contributed by atoms with E-state index in [9.17, 15) is 0 Å². The van der Waals surface area contributed by atoms with E-state index in [0.717, 1.165) is 24.8 Å². The molecule has 0 spiro atoms. The van der Waals surface area contributed by atoms with Crippen LogP contribution in [0.4, 0.5) is 0 Å². The Labute approximate surface area is 79.2 Å². The average Bonchev–Trinajstić information content (AvgIpc) is 2.54. The Bertz CT molecular complexity index is 261. The predicted octanol–water partition coefficient (Wildman–Crippen LogP) is 1.19. The number of hydrogen-bond donors (Lipinski definition) is 1. The smallest absolute Gasteiger partial charge is 0.105 e. The van der Waals surface area contributed by atoms with Gasteiger partial charge in [0.05, 0.1) is 0 Å². The molecule has 13 heavy (non-hydrogen) atoms. The fraction of sp³-hybridized carbons (Fsp3) is 0.700. The second-order valence-electron chi connectivity index (χ2n) is 3.84. The van der Waals surface area contributed by atoms with Crippen LogP contribution in [0.25, 0.3) is 0 Å². The van der Waals surface area contributed by atoms with Crippen LogP contribution in [0.5, 0.6) is 0 Å². The van der Waals surface area contributed by atoms with Gasteiger partial charge in [-0.25, -0.2) is 4.98 Å². The molecule has 0 saturated carbocycles. The van der Waals surface area contributed by atoms with E-state index in [1.165, 1.54) is 19.4 Å². The summed E-state index contributed by atoms with van der Waals surface area (Å²) in [5.74, 6) is 1.92. The molecule has 0 aliphatic carbocycles. The first-order valence-electron chi connectivity index (χ1n) is 5.05. The molecule has 3 nitrogen and oxygen atoms in total. The number of piperidine rings is 1. The van der Waals surface area contributed by atoms with Crippen LogP contribution in [0, 0.1) is 12.8 Å². The normalized spacial score (nSPS) is 23.3. The zero-order chi connectivity index (χ0) is 9.10. The van der Waals surface area contributed by atoms with Crippen molar-refractivity contribution in [3.8, 4) is 0 Å². The molecule has 1 aromatic rings. The Morgan fingerprint density at radius 1 is 1.69 bits per heavy atom. The van der Waals surface area contributed by atoms with Gasteiger partial charge in [0.1, 0.15) is 5.82 Å². The van der Waals surface area contributed by atoms with Crippen LogP contribution in [0.1, 0.15) is 18.7 Å². The first-order valence-corrected chi connectivity index (χ1v) is 5.05. The molecule has 1 aromatic heterocycles. The molecule has 0 amide bonds. The SMILES string of the molecule is Cc1nccn1C[C@@H]1CCCNC1. The lowest BCUT2D eigenvalue weighted by Crippen LogP contribution is -2.32. The summed E-state index contributed by atoms with van der Waals surface area (Å²) >= 11 is 0. The third kappa shape index (κ3) is 2.10. The molecule has 3 heteroatoms. The van der Waals surface area contributed by atoms with E-state index in [2.05, 4.69) is 28.0 Å². The summed E-state index contributed by atoms with van der Waals surface area (Å²) in [6, 6.07) is 0. The fourth-order valence-corrected chi connectivity index (χ4v) is 1.95. The quantitative estimate of drug-likeness (QED) is 0.739. The van der Waals surface area contributed by atoms with Gasteiger partial charge < -0.3 is 9.88 Å². The van der Waals surface area contributed by atoms with Crippen LogP contribution in [0.3, 0.4) is 0 Å². The van der Waals surface area contributed by atoms with Gasteiger partial charge in [0.15, 0.2) is 0 Å². The van der Waals surface area contributed by atoms with Crippen molar-refractivity contribution in [3.63, 3.8) is 0 Å². The van der Waals surface area contributed by atoms with Crippen LogP contribution in [-0.4, -0.2) is 22.6 Å². The Balaban J connectivity index is 1.93. The number of hydrogen-bond acceptors (Lipinski definition) is 2. The highest BCUT2D eigenvalue weighted by Gasteiger charge is 2.13. The van der Waals surface area contributed by atoms with Crippen LogP contribution in [0.2, 0.25) is 0 Å². The number of aromatic nitrogens is 2. The zero-order valence-corrected chi connectivity index (χ0v) is 8.16. The van der Waals surface area contributed by atoms with Crippen molar-refractivity contribution in [1.82, 2.24) is 14.9 Å². The highest BCUT2D eigenvalue weighted by atomic mass is 15.1. The summed E-state index contributed by atoms with van der Waals surface area (Å²) in [6.45, 7) is 5.55. The van der Waals surface area contributed by atoms with E-state index in [4.69, 9.17) is 0 Å². The molecule has 2 heterocycles. The molecule has 1 aliphatic rings. The van der Waals surface area contributed by atoms with Gasteiger partial charge >= 0.3 is 0 Å². The summed E-state index contributed by atoms with van der Waals surface area (Å²) in [6.07, 6.45) is 6.62. The van der Waals surface area contributed by atoms with Crippen LogP contribution < -0.4 is 5.32 Å². The fourth-order valence-electron chi connectivity index (χ4n) is 1.95. The van der Waals surface area contributed by atoms with E-state index in [1.54, 1.807) is 0 Å². The van der Waals surface area contributed by atoms with Crippen molar-refractivity contribution in [3.05, 3.63) is 18.2 Å². The Morgan fingerprint density at radius 3 is 3.23 bits per heavy atom. The van der Waals surface area contributed by atoms with E-state index in [-0.39, 0.29) is 0 Å². The summed E-state index contributed by atoms with van der Waals surface area (Å²) in [4.78, 5) is 4.22. The summed E-state index contributed by atoms with van der Waals surface area (Å²) < 4.78 is 2.25. The van der Waals surface area contributed by atoms with Gasteiger partial charge in [0.25, 0.3) is 0 Å². The van der Waals surface area contributed by atoms with Gasteiger partial charge in [0, 0.05) is 18.9 Å². The van der Waals surface area contributed by atoms with Crippen molar-refractivity contribution in [2.75, 3.05) is 13.1 Å². The number of imidazole rings is 1. The molecule has 72 valence electrons. The van der Waals surface area contributed by atoms with Gasteiger partial charge in [-0.2, -0.15) is 0 Å². The molecule has 1 N–H and O–H groups in total. The monoisotopic (exact) mass is 179 g/mol. The first-order chi connectivity index (χ1) is 6.36. The molecular weight excluding hydrogens is 162 g/mol. The van der Waals surface area contributed by atoms with E-state index in [0.29, 0.717) is 0 Å². The summed E-state index contributed by atoms with van der Waals surface area (Å²) in [5.41, 5.74) is 0. The molecule has 0 bridgehead atoms. The lowest BCUT2D eigenvalue weighted by molar-refractivity contribution is 0.335. The lowest BCUT2D eigenvalue weighted by Gasteiger charge is -2.23. The number of nitrogens with one attached hydrogen (secondary N) is 1. The zero-order valence-electron chi connectivity index (χ0n) is 8.16. The van der Waals surface area contributed by atoms with Crippen LogP contribution >= 0.6 is 0 Å². The maximum Gasteiger partial charge on any atom is 0.105 e. The Morgan fingerprint density at radius 2 is 2.62 bits per heavy atom. The Kier molecular flexibility index (Phi) is 2.64. The minimum atomic E-state index is 0.793. The van der Waals surface area contributed by atoms with Crippen LogP contribution in [-0.2, 0) is 6.54 Å². The van der Waals surface area contributed by atoms with E-state index < -0.39 is 0 Å². The van der Waals surface area contributed by atoms with E-state index in [1.807, 2.05) is 6.20 Å². The molecule has 1 saturated heterocycles. The minimum absolute atomic E-state index is 0.793. The summed E-state index contributed by atoms with van der Waals surface area (Å²) in [5, 5.41) is 3.43. The molecule has 0 unspecified atom stereocenters. The standard InChI is InChI=1S/C10H17N3/c1-9-12-5-6-13(9)8-10-3-2-4-11-7-10/h5-6,10-11H,2-4,7-8H2,1H3/t10-/m1/s1. The largest absolute Gasteiger partial charge is 0.335 e. The molecule has 1 fully saturated rings. The van der Waals surface area contributed by atoms with Crippen molar-refractivity contribution < 1.29 is 0 Å².